The molecular weight excluding hydrogens is 338 g/mol. The zero-order valence-electron chi connectivity index (χ0n) is 16.9. The molecule has 5 nitrogen and oxygen atoms in total. The number of hydrogen-bond donors (Lipinski definition) is 2. The van der Waals surface area contributed by atoms with Crippen LogP contribution in [-0.2, 0) is 4.79 Å². The number of amides is 1. The molecule has 0 radical (unpaired) electrons. The summed E-state index contributed by atoms with van der Waals surface area (Å²) in [5, 5.41) is 13.8. The standard InChI is InChI=1S/C22H37N3O2/c1-24-4-2-14(3-5-24)12-25-13-19(26)11-20(25)22(27)23-21-17-7-15-6-16(9-17)10-18(21)8-15/h14-21,26H,2-13H2,1H3,(H,23,27)/t15?,16?,17?,18?,19-,20-,21?/m1/s1. The number of carbonyl (C=O) groups is 1. The lowest BCUT2D eigenvalue weighted by Gasteiger charge is -2.54. The predicted molar refractivity (Wildman–Crippen MR) is 105 cm³/mol. The first-order chi connectivity index (χ1) is 13.0. The first kappa shape index (κ1) is 18.4. The van der Waals surface area contributed by atoms with E-state index in [0.29, 0.717) is 24.9 Å². The lowest BCUT2D eigenvalue weighted by atomic mass is 9.54. The average Bonchev–Trinajstić information content (AvgIpc) is 3.00. The highest BCUT2D eigenvalue weighted by atomic mass is 16.3. The van der Waals surface area contributed by atoms with Gasteiger partial charge in [0.25, 0.3) is 0 Å². The van der Waals surface area contributed by atoms with Crippen LogP contribution < -0.4 is 5.32 Å². The van der Waals surface area contributed by atoms with E-state index in [2.05, 4.69) is 22.2 Å². The normalized spacial score (nSPS) is 45.5. The summed E-state index contributed by atoms with van der Waals surface area (Å²) in [4.78, 5) is 17.9. The van der Waals surface area contributed by atoms with Gasteiger partial charge in [-0.15, -0.1) is 0 Å². The van der Waals surface area contributed by atoms with E-state index >= 15 is 0 Å². The van der Waals surface area contributed by atoms with Crippen molar-refractivity contribution in [2.24, 2.45) is 29.6 Å². The number of nitrogens with one attached hydrogen (secondary N) is 1. The minimum atomic E-state index is -0.342. The number of hydrogen-bond acceptors (Lipinski definition) is 4. The molecular formula is C22H37N3O2. The second-order valence-electron chi connectivity index (χ2n) is 10.6. The van der Waals surface area contributed by atoms with Gasteiger partial charge in [-0.05, 0) is 101 Å². The number of likely N-dealkylation sites (tertiary alicyclic amines) is 2. The van der Waals surface area contributed by atoms with Gasteiger partial charge in [-0.25, -0.2) is 0 Å². The van der Waals surface area contributed by atoms with Gasteiger partial charge >= 0.3 is 0 Å². The van der Waals surface area contributed by atoms with E-state index in [4.69, 9.17) is 0 Å². The number of rotatable bonds is 4. The molecule has 2 heterocycles. The molecule has 5 heteroatoms. The molecule has 2 atom stereocenters. The molecule has 152 valence electrons. The Hall–Kier alpha value is -0.650. The van der Waals surface area contributed by atoms with E-state index in [1.165, 1.54) is 44.9 Å². The Morgan fingerprint density at radius 1 is 1.00 bits per heavy atom. The quantitative estimate of drug-likeness (QED) is 0.785. The molecule has 2 saturated heterocycles. The summed E-state index contributed by atoms with van der Waals surface area (Å²) in [5.41, 5.74) is 0. The van der Waals surface area contributed by atoms with Crippen molar-refractivity contribution in [1.29, 1.82) is 0 Å². The van der Waals surface area contributed by atoms with Gasteiger partial charge in [-0.3, -0.25) is 9.69 Å². The molecule has 6 rings (SSSR count). The third-order valence-electron chi connectivity index (χ3n) is 8.55. The smallest absolute Gasteiger partial charge is 0.237 e. The summed E-state index contributed by atoms with van der Waals surface area (Å²) in [6.45, 7) is 3.97. The first-order valence-electron chi connectivity index (χ1n) is 11.5. The predicted octanol–water partition coefficient (Wildman–Crippen LogP) is 1.70. The molecule has 4 aliphatic carbocycles. The van der Waals surface area contributed by atoms with E-state index in [9.17, 15) is 9.90 Å². The van der Waals surface area contributed by atoms with Crippen LogP contribution >= 0.6 is 0 Å². The molecule has 6 aliphatic rings. The second kappa shape index (κ2) is 7.31. The molecule has 0 aromatic carbocycles. The number of carbonyl (C=O) groups excluding carboxylic acids is 1. The van der Waals surface area contributed by atoms with Gasteiger partial charge in [0.05, 0.1) is 12.1 Å². The maximum Gasteiger partial charge on any atom is 0.237 e. The molecule has 1 amide bonds. The molecule has 2 N–H and O–H groups in total. The topological polar surface area (TPSA) is 55.8 Å². The van der Waals surface area contributed by atoms with Crippen LogP contribution in [-0.4, -0.2) is 72.2 Å². The zero-order valence-corrected chi connectivity index (χ0v) is 16.9. The summed E-state index contributed by atoms with van der Waals surface area (Å²) >= 11 is 0. The van der Waals surface area contributed by atoms with Crippen molar-refractivity contribution in [2.75, 3.05) is 33.2 Å². The van der Waals surface area contributed by atoms with Gasteiger partial charge in [0.2, 0.25) is 5.91 Å². The van der Waals surface area contributed by atoms with Crippen LogP contribution in [0.5, 0.6) is 0 Å². The summed E-state index contributed by atoms with van der Waals surface area (Å²) in [6, 6.07) is 0.296. The van der Waals surface area contributed by atoms with Crippen molar-refractivity contribution >= 4 is 5.91 Å². The van der Waals surface area contributed by atoms with Crippen LogP contribution in [0.15, 0.2) is 0 Å². The lowest BCUT2D eigenvalue weighted by molar-refractivity contribution is -0.129. The summed E-state index contributed by atoms with van der Waals surface area (Å²) < 4.78 is 0. The van der Waals surface area contributed by atoms with E-state index in [1.807, 2.05) is 0 Å². The lowest BCUT2D eigenvalue weighted by Crippen LogP contribution is -2.58. The number of β-amino-alcohol motifs (C(OH)–C–C–N with tert-alkyl or cyclic N) is 1. The third-order valence-corrected chi connectivity index (χ3v) is 8.55. The van der Waals surface area contributed by atoms with Crippen molar-refractivity contribution in [3.8, 4) is 0 Å². The fraction of sp³-hybridized carbons (Fsp3) is 0.955. The van der Waals surface area contributed by atoms with Gasteiger partial charge in [0.15, 0.2) is 0 Å². The highest BCUT2D eigenvalue weighted by Gasteiger charge is 2.49. The largest absolute Gasteiger partial charge is 0.392 e. The van der Waals surface area contributed by atoms with E-state index in [1.54, 1.807) is 0 Å². The highest BCUT2D eigenvalue weighted by molar-refractivity contribution is 5.82. The Labute approximate surface area is 163 Å². The first-order valence-corrected chi connectivity index (χ1v) is 11.5. The fourth-order valence-electron chi connectivity index (χ4n) is 7.35. The van der Waals surface area contributed by atoms with Crippen LogP contribution in [0.25, 0.3) is 0 Å². The maximum absolute atomic E-state index is 13.2. The monoisotopic (exact) mass is 375 g/mol. The van der Waals surface area contributed by atoms with Crippen molar-refractivity contribution in [1.82, 2.24) is 15.1 Å². The molecule has 0 unspecified atom stereocenters. The number of piperidine rings is 1. The summed E-state index contributed by atoms with van der Waals surface area (Å²) in [7, 11) is 2.19. The van der Waals surface area contributed by atoms with E-state index < -0.39 is 0 Å². The number of aliphatic hydroxyl groups excluding tert-OH is 1. The highest BCUT2D eigenvalue weighted by Crippen LogP contribution is 2.53. The van der Waals surface area contributed by atoms with Crippen molar-refractivity contribution in [3.05, 3.63) is 0 Å². The molecule has 6 fully saturated rings. The van der Waals surface area contributed by atoms with Crippen molar-refractivity contribution in [3.63, 3.8) is 0 Å². The number of nitrogens with zero attached hydrogens (tertiary/aromatic N) is 2. The third kappa shape index (κ3) is 3.67. The summed E-state index contributed by atoms with van der Waals surface area (Å²) in [6.07, 6.45) is 9.51. The zero-order chi connectivity index (χ0) is 18.5. The Morgan fingerprint density at radius 3 is 2.26 bits per heavy atom. The van der Waals surface area contributed by atoms with Crippen LogP contribution in [0.1, 0.15) is 51.4 Å². The van der Waals surface area contributed by atoms with Gasteiger partial charge < -0.3 is 15.3 Å². The van der Waals surface area contributed by atoms with E-state index in [0.717, 1.165) is 43.3 Å². The van der Waals surface area contributed by atoms with Crippen molar-refractivity contribution < 1.29 is 9.90 Å². The average molecular weight is 376 g/mol. The molecule has 4 saturated carbocycles. The fourth-order valence-corrected chi connectivity index (χ4v) is 7.35. The molecule has 4 bridgehead atoms. The van der Waals surface area contributed by atoms with Gasteiger partial charge in [-0.2, -0.15) is 0 Å². The molecule has 2 aliphatic heterocycles. The number of aliphatic hydroxyl groups is 1. The Bertz CT molecular complexity index is 532. The van der Waals surface area contributed by atoms with Gasteiger partial charge in [0.1, 0.15) is 0 Å². The Balaban J connectivity index is 1.21. The molecule has 0 aromatic heterocycles. The minimum absolute atomic E-state index is 0.114. The maximum atomic E-state index is 13.2. The van der Waals surface area contributed by atoms with Gasteiger partial charge in [-0.1, -0.05) is 0 Å². The van der Waals surface area contributed by atoms with Crippen LogP contribution in [0.4, 0.5) is 0 Å². The van der Waals surface area contributed by atoms with Crippen LogP contribution in [0, 0.1) is 29.6 Å². The molecule has 27 heavy (non-hydrogen) atoms. The molecule has 0 aromatic rings. The summed E-state index contributed by atoms with van der Waals surface area (Å²) in [5.74, 6) is 4.20. The van der Waals surface area contributed by atoms with Crippen LogP contribution in [0.2, 0.25) is 0 Å². The van der Waals surface area contributed by atoms with Gasteiger partial charge in [0, 0.05) is 19.1 Å². The Morgan fingerprint density at radius 2 is 1.63 bits per heavy atom. The SMILES string of the molecule is CN1CCC(CN2C[C@H](O)C[C@@H]2C(=O)NC2C3CC4CC(C3)CC2C4)CC1. The Kier molecular flexibility index (Phi) is 4.98. The molecule has 0 spiro atoms. The van der Waals surface area contributed by atoms with E-state index in [-0.39, 0.29) is 18.1 Å². The van der Waals surface area contributed by atoms with Crippen LogP contribution in [0.3, 0.4) is 0 Å². The van der Waals surface area contributed by atoms with Crippen molar-refractivity contribution in [2.45, 2.75) is 69.6 Å². The second-order valence-corrected chi connectivity index (χ2v) is 10.6. The minimum Gasteiger partial charge on any atom is -0.392 e.